The van der Waals surface area contributed by atoms with E-state index < -0.39 is 0 Å². The molecule has 0 atom stereocenters. The van der Waals surface area contributed by atoms with Crippen molar-refractivity contribution in [3.05, 3.63) is 82.2 Å². The fraction of sp³-hybridized carbons (Fsp3) is 0. The van der Waals surface area contributed by atoms with Crippen LogP contribution in [0.5, 0.6) is 0 Å². The SMILES string of the molecule is O=c1cc(/C=C\c2ccccc2)c2ccccc2o1. The van der Waals surface area contributed by atoms with Crippen molar-refractivity contribution in [2.24, 2.45) is 0 Å². The van der Waals surface area contributed by atoms with Gasteiger partial charge in [0, 0.05) is 11.5 Å². The number of para-hydroxylation sites is 1. The molecule has 1 heterocycles. The summed E-state index contributed by atoms with van der Waals surface area (Å²) in [6.45, 7) is 0. The smallest absolute Gasteiger partial charge is 0.336 e. The van der Waals surface area contributed by atoms with E-state index in [2.05, 4.69) is 0 Å². The van der Waals surface area contributed by atoms with Gasteiger partial charge in [-0.25, -0.2) is 4.79 Å². The number of rotatable bonds is 2. The summed E-state index contributed by atoms with van der Waals surface area (Å²) < 4.78 is 5.16. The minimum atomic E-state index is -0.327. The molecule has 0 amide bonds. The molecule has 2 aromatic carbocycles. The van der Waals surface area contributed by atoms with Gasteiger partial charge in [0.1, 0.15) is 5.58 Å². The molecular weight excluding hydrogens is 236 g/mol. The lowest BCUT2D eigenvalue weighted by atomic mass is 10.1. The maximum Gasteiger partial charge on any atom is 0.336 e. The van der Waals surface area contributed by atoms with E-state index in [0.29, 0.717) is 5.58 Å². The summed E-state index contributed by atoms with van der Waals surface area (Å²) in [5, 5.41) is 0.939. The minimum Gasteiger partial charge on any atom is -0.423 e. The Morgan fingerprint density at radius 2 is 1.58 bits per heavy atom. The first kappa shape index (κ1) is 11.5. The van der Waals surface area contributed by atoms with Crippen LogP contribution in [0.3, 0.4) is 0 Å². The number of hydrogen-bond acceptors (Lipinski definition) is 2. The molecule has 2 nitrogen and oxygen atoms in total. The Hall–Kier alpha value is -2.61. The van der Waals surface area contributed by atoms with E-state index in [1.54, 1.807) is 6.07 Å². The highest BCUT2D eigenvalue weighted by molar-refractivity contribution is 5.89. The van der Waals surface area contributed by atoms with E-state index in [9.17, 15) is 4.79 Å². The van der Waals surface area contributed by atoms with Crippen LogP contribution in [0.2, 0.25) is 0 Å². The van der Waals surface area contributed by atoms with Gasteiger partial charge in [-0.3, -0.25) is 0 Å². The predicted molar refractivity (Wildman–Crippen MR) is 77.9 cm³/mol. The highest BCUT2D eigenvalue weighted by Gasteiger charge is 2.01. The third kappa shape index (κ3) is 2.47. The second kappa shape index (κ2) is 4.94. The molecule has 3 rings (SSSR count). The highest BCUT2D eigenvalue weighted by atomic mass is 16.4. The van der Waals surface area contributed by atoms with E-state index in [1.165, 1.54) is 6.07 Å². The Balaban J connectivity index is 2.10. The molecule has 19 heavy (non-hydrogen) atoms. The standard InChI is InChI=1S/C17H12O2/c18-17-12-14(11-10-13-6-2-1-3-7-13)15-8-4-5-9-16(15)19-17/h1-12H/b11-10-. The topological polar surface area (TPSA) is 30.2 Å². The quantitative estimate of drug-likeness (QED) is 0.642. The molecule has 0 bridgehead atoms. The van der Waals surface area contributed by atoms with Gasteiger partial charge in [0.05, 0.1) is 0 Å². The lowest BCUT2D eigenvalue weighted by Gasteiger charge is -2.00. The van der Waals surface area contributed by atoms with Crippen molar-refractivity contribution in [1.29, 1.82) is 0 Å². The number of benzene rings is 2. The Morgan fingerprint density at radius 1 is 0.842 bits per heavy atom. The molecule has 0 fully saturated rings. The van der Waals surface area contributed by atoms with Crippen molar-refractivity contribution in [1.82, 2.24) is 0 Å². The van der Waals surface area contributed by atoms with Gasteiger partial charge < -0.3 is 4.42 Å². The molecule has 92 valence electrons. The van der Waals surface area contributed by atoms with Crippen LogP contribution in [0, 0.1) is 0 Å². The third-order valence-electron chi connectivity index (χ3n) is 2.94. The van der Waals surface area contributed by atoms with E-state index in [0.717, 1.165) is 16.5 Å². The summed E-state index contributed by atoms with van der Waals surface area (Å²) in [4.78, 5) is 11.5. The van der Waals surface area contributed by atoms with Crippen LogP contribution in [0.4, 0.5) is 0 Å². The van der Waals surface area contributed by atoms with Gasteiger partial charge in [-0.1, -0.05) is 60.7 Å². The third-order valence-corrected chi connectivity index (χ3v) is 2.94. The van der Waals surface area contributed by atoms with Crippen LogP contribution < -0.4 is 5.63 Å². The number of hydrogen-bond donors (Lipinski definition) is 0. The Morgan fingerprint density at radius 3 is 2.42 bits per heavy atom. The maximum atomic E-state index is 11.5. The minimum absolute atomic E-state index is 0.327. The van der Waals surface area contributed by atoms with Crippen LogP contribution in [0.15, 0.2) is 69.9 Å². The van der Waals surface area contributed by atoms with Gasteiger partial charge in [0.15, 0.2) is 0 Å². The van der Waals surface area contributed by atoms with Crippen LogP contribution in [0.25, 0.3) is 23.1 Å². The van der Waals surface area contributed by atoms with Crippen molar-refractivity contribution in [2.75, 3.05) is 0 Å². The summed E-state index contributed by atoms with van der Waals surface area (Å²) >= 11 is 0. The summed E-state index contributed by atoms with van der Waals surface area (Å²) in [6, 6.07) is 19.0. The van der Waals surface area contributed by atoms with Crippen molar-refractivity contribution >= 4 is 23.1 Å². The normalized spacial score (nSPS) is 11.2. The van der Waals surface area contributed by atoms with E-state index in [1.807, 2.05) is 60.7 Å². The molecule has 0 aliphatic carbocycles. The molecule has 0 saturated heterocycles. The largest absolute Gasteiger partial charge is 0.423 e. The van der Waals surface area contributed by atoms with Gasteiger partial charge in [0.2, 0.25) is 0 Å². The van der Waals surface area contributed by atoms with Crippen LogP contribution >= 0.6 is 0 Å². The van der Waals surface area contributed by atoms with Crippen molar-refractivity contribution in [2.45, 2.75) is 0 Å². The first-order valence-corrected chi connectivity index (χ1v) is 6.09. The molecule has 0 aliphatic rings. The van der Waals surface area contributed by atoms with Gasteiger partial charge in [-0.15, -0.1) is 0 Å². The van der Waals surface area contributed by atoms with E-state index >= 15 is 0 Å². The summed E-state index contributed by atoms with van der Waals surface area (Å²) in [5.41, 5.74) is 2.25. The van der Waals surface area contributed by atoms with Gasteiger partial charge in [-0.2, -0.15) is 0 Å². The van der Waals surface area contributed by atoms with Crippen LogP contribution in [-0.4, -0.2) is 0 Å². The molecule has 0 unspecified atom stereocenters. The van der Waals surface area contributed by atoms with Crippen LogP contribution in [-0.2, 0) is 0 Å². The first-order valence-electron chi connectivity index (χ1n) is 6.09. The molecule has 0 N–H and O–H groups in total. The van der Waals surface area contributed by atoms with Crippen molar-refractivity contribution in [3.8, 4) is 0 Å². The van der Waals surface area contributed by atoms with Gasteiger partial charge in [0.25, 0.3) is 0 Å². The molecule has 0 radical (unpaired) electrons. The Bertz CT molecular complexity index is 783. The first-order chi connectivity index (χ1) is 9.33. The zero-order valence-electron chi connectivity index (χ0n) is 10.2. The molecular formula is C17H12O2. The van der Waals surface area contributed by atoms with Crippen molar-refractivity contribution < 1.29 is 4.42 Å². The summed E-state index contributed by atoms with van der Waals surface area (Å²) in [7, 11) is 0. The highest BCUT2D eigenvalue weighted by Crippen LogP contribution is 2.18. The fourth-order valence-electron chi connectivity index (χ4n) is 2.02. The number of fused-ring (bicyclic) bond motifs is 1. The second-order valence-electron chi connectivity index (χ2n) is 4.26. The summed E-state index contributed by atoms with van der Waals surface area (Å²) in [5.74, 6) is 0. The predicted octanol–water partition coefficient (Wildman–Crippen LogP) is 3.96. The maximum absolute atomic E-state index is 11.5. The fourth-order valence-corrected chi connectivity index (χ4v) is 2.02. The average molecular weight is 248 g/mol. The average Bonchev–Trinajstić information content (AvgIpc) is 2.45. The van der Waals surface area contributed by atoms with E-state index in [4.69, 9.17) is 4.42 Å². The molecule has 0 saturated carbocycles. The lowest BCUT2D eigenvalue weighted by molar-refractivity contribution is 0.560. The van der Waals surface area contributed by atoms with E-state index in [-0.39, 0.29) is 5.63 Å². The molecule has 0 spiro atoms. The molecule has 0 aliphatic heterocycles. The zero-order valence-corrected chi connectivity index (χ0v) is 10.2. The monoisotopic (exact) mass is 248 g/mol. The Kier molecular flexibility index (Phi) is 2.99. The zero-order chi connectivity index (χ0) is 13.1. The Labute approximate surface area is 110 Å². The van der Waals surface area contributed by atoms with Crippen molar-refractivity contribution in [3.63, 3.8) is 0 Å². The van der Waals surface area contributed by atoms with Crippen LogP contribution in [0.1, 0.15) is 11.1 Å². The molecule has 1 aromatic heterocycles. The molecule has 3 aromatic rings. The summed E-state index contributed by atoms with van der Waals surface area (Å²) in [6.07, 6.45) is 3.93. The molecule has 2 heteroatoms. The lowest BCUT2D eigenvalue weighted by Crippen LogP contribution is -1.97. The second-order valence-corrected chi connectivity index (χ2v) is 4.26. The van der Waals surface area contributed by atoms with Gasteiger partial charge >= 0.3 is 5.63 Å². The van der Waals surface area contributed by atoms with Gasteiger partial charge in [-0.05, 0) is 17.2 Å².